The predicted octanol–water partition coefficient (Wildman–Crippen LogP) is 3.12. The molecule has 6 nitrogen and oxygen atoms in total. The van der Waals surface area contributed by atoms with Crippen LogP contribution in [0.2, 0.25) is 0 Å². The third kappa shape index (κ3) is 6.62. The van der Waals surface area contributed by atoms with Crippen LogP contribution < -0.4 is 10.1 Å². The van der Waals surface area contributed by atoms with Crippen LogP contribution in [0.5, 0.6) is 5.75 Å². The van der Waals surface area contributed by atoms with Crippen LogP contribution in [0.25, 0.3) is 0 Å². The van der Waals surface area contributed by atoms with Gasteiger partial charge >= 0.3 is 5.97 Å². The topological polar surface area (TPSA) is 88.0 Å². The van der Waals surface area contributed by atoms with Gasteiger partial charge in [-0.3, -0.25) is 4.79 Å². The van der Waals surface area contributed by atoms with Gasteiger partial charge in [0, 0.05) is 0 Å². The van der Waals surface area contributed by atoms with Gasteiger partial charge in [-0.1, -0.05) is 18.2 Å². The summed E-state index contributed by atoms with van der Waals surface area (Å²) in [7, 11) is 0. The number of ether oxygens (including phenoxy) is 2. The minimum atomic E-state index is -0.845. The molecule has 2 fully saturated rings. The number of aliphatic hydroxyl groups excluding tert-OH is 1. The van der Waals surface area contributed by atoms with Gasteiger partial charge in [-0.25, -0.2) is 0 Å². The van der Waals surface area contributed by atoms with Gasteiger partial charge in [0.1, 0.15) is 5.75 Å². The summed E-state index contributed by atoms with van der Waals surface area (Å²) in [5, 5.41) is 22.2. The quantitative estimate of drug-likeness (QED) is 0.606. The molecule has 0 bridgehead atoms. The molecule has 1 aliphatic carbocycles. The number of halogens is 1. The maximum atomic E-state index is 10.7. The predicted molar refractivity (Wildman–Crippen MR) is 109 cm³/mol. The molecule has 158 valence electrons. The third-order valence-corrected chi connectivity index (χ3v) is 5.67. The second-order valence-electron chi connectivity index (χ2n) is 7.61. The van der Waals surface area contributed by atoms with Crippen LogP contribution in [0, 0.1) is 0 Å². The normalized spacial score (nSPS) is 27.6. The van der Waals surface area contributed by atoms with Crippen molar-refractivity contribution in [2.45, 2.75) is 69.1 Å². The molecule has 3 rings (SSSR count). The SMILES string of the molecule is Cl.O=C(O)CCOc1ccccc1C1CCC(OC[C@@H]2NCCC[C@@H]2O)CC1. The minimum Gasteiger partial charge on any atom is -0.493 e. The van der Waals surface area contributed by atoms with Gasteiger partial charge in [0.25, 0.3) is 0 Å². The lowest BCUT2D eigenvalue weighted by Crippen LogP contribution is -2.48. The van der Waals surface area contributed by atoms with Crippen LogP contribution in [0.1, 0.15) is 56.4 Å². The summed E-state index contributed by atoms with van der Waals surface area (Å²) >= 11 is 0. The van der Waals surface area contributed by atoms with Crippen LogP contribution in [0.4, 0.5) is 0 Å². The lowest BCUT2D eigenvalue weighted by molar-refractivity contribution is -0.137. The van der Waals surface area contributed by atoms with Crippen LogP contribution in [-0.4, -0.2) is 54.2 Å². The lowest BCUT2D eigenvalue weighted by atomic mass is 9.82. The molecule has 2 atom stereocenters. The zero-order valence-corrected chi connectivity index (χ0v) is 17.0. The smallest absolute Gasteiger partial charge is 0.306 e. The van der Waals surface area contributed by atoms with E-state index in [9.17, 15) is 9.90 Å². The molecule has 1 saturated heterocycles. The fourth-order valence-corrected chi connectivity index (χ4v) is 4.08. The molecule has 1 aromatic rings. The summed E-state index contributed by atoms with van der Waals surface area (Å²) in [6, 6.07) is 8.01. The van der Waals surface area contributed by atoms with Crippen molar-refractivity contribution in [3.8, 4) is 5.75 Å². The van der Waals surface area contributed by atoms with E-state index in [4.69, 9.17) is 14.6 Å². The number of aliphatic carboxylic acids is 1. The number of hydrogen-bond donors (Lipinski definition) is 3. The first-order valence-corrected chi connectivity index (χ1v) is 10.1. The largest absolute Gasteiger partial charge is 0.493 e. The first-order valence-electron chi connectivity index (χ1n) is 10.1. The van der Waals surface area contributed by atoms with Crippen molar-refractivity contribution in [1.82, 2.24) is 5.32 Å². The van der Waals surface area contributed by atoms with Gasteiger partial charge in [-0.05, 0) is 62.6 Å². The van der Waals surface area contributed by atoms with Crippen LogP contribution in [0.3, 0.4) is 0 Å². The molecular formula is C21H32ClNO5. The highest BCUT2D eigenvalue weighted by Crippen LogP contribution is 2.38. The van der Waals surface area contributed by atoms with Crippen LogP contribution in [0.15, 0.2) is 24.3 Å². The average molecular weight is 414 g/mol. The van der Waals surface area contributed by atoms with Crippen molar-refractivity contribution in [3.63, 3.8) is 0 Å². The van der Waals surface area contributed by atoms with Crippen LogP contribution in [-0.2, 0) is 9.53 Å². The highest BCUT2D eigenvalue weighted by Gasteiger charge is 2.27. The van der Waals surface area contributed by atoms with Gasteiger partial charge in [-0.15, -0.1) is 12.4 Å². The summed E-state index contributed by atoms with van der Waals surface area (Å²) < 4.78 is 11.8. The number of piperidine rings is 1. The fraction of sp³-hybridized carbons (Fsp3) is 0.667. The maximum absolute atomic E-state index is 10.7. The van der Waals surface area contributed by atoms with E-state index in [2.05, 4.69) is 11.4 Å². The molecule has 1 aromatic carbocycles. The van der Waals surface area contributed by atoms with Crippen LogP contribution >= 0.6 is 12.4 Å². The van der Waals surface area contributed by atoms with E-state index in [-0.39, 0.29) is 43.7 Å². The van der Waals surface area contributed by atoms with E-state index < -0.39 is 5.97 Å². The van der Waals surface area contributed by atoms with Crippen molar-refractivity contribution in [2.75, 3.05) is 19.8 Å². The second kappa shape index (κ2) is 11.6. The van der Waals surface area contributed by atoms with Crippen molar-refractivity contribution in [1.29, 1.82) is 0 Å². The summed E-state index contributed by atoms with van der Waals surface area (Å²) in [4.78, 5) is 10.7. The summed E-state index contributed by atoms with van der Waals surface area (Å²) in [6.45, 7) is 1.73. The van der Waals surface area contributed by atoms with E-state index in [0.717, 1.165) is 50.8 Å². The standard InChI is InChI=1S/C21H31NO5.ClH/c23-19-5-3-12-22-18(19)14-27-16-9-7-15(8-10-16)17-4-1-2-6-20(17)26-13-11-21(24)25;/h1-2,4,6,15-16,18-19,22-23H,3,5,7-14H2,(H,24,25);1H/t15?,16?,18-,19-;/m0./s1. The number of para-hydroxylation sites is 1. The molecule has 1 saturated carbocycles. The Morgan fingerprint density at radius 1 is 1.14 bits per heavy atom. The molecule has 0 aromatic heterocycles. The number of aliphatic hydroxyl groups is 1. The third-order valence-electron chi connectivity index (χ3n) is 5.67. The molecule has 1 heterocycles. The summed E-state index contributed by atoms with van der Waals surface area (Å²) in [6.07, 6.45) is 5.89. The molecule has 2 aliphatic rings. The van der Waals surface area contributed by atoms with Crippen molar-refractivity contribution >= 4 is 18.4 Å². The molecule has 0 radical (unpaired) electrons. The molecular weight excluding hydrogens is 382 g/mol. The Morgan fingerprint density at radius 2 is 1.89 bits per heavy atom. The first kappa shape index (κ1) is 22.9. The number of nitrogens with one attached hydrogen (secondary N) is 1. The van der Waals surface area contributed by atoms with Gasteiger partial charge in [-0.2, -0.15) is 0 Å². The molecule has 1 aliphatic heterocycles. The second-order valence-corrected chi connectivity index (χ2v) is 7.61. The molecule has 0 amide bonds. The number of rotatable bonds is 8. The number of carbonyl (C=O) groups is 1. The minimum absolute atomic E-state index is 0. The van der Waals surface area contributed by atoms with E-state index in [1.165, 1.54) is 5.56 Å². The van der Waals surface area contributed by atoms with E-state index in [0.29, 0.717) is 12.5 Å². The number of benzene rings is 1. The first-order chi connectivity index (χ1) is 13.1. The Hall–Kier alpha value is -1.34. The van der Waals surface area contributed by atoms with Gasteiger partial charge < -0.3 is 25.0 Å². The molecule has 3 N–H and O–H groups in total. The lowest BCUT2D eigenvalue weighted by Gasteiger charge is -2.33. The Bertz CT molecular complexity index is 606. The van der Waals surface area contributed by atoms with Gasteiger partial charge in [0.05, 0.1) is 37.9 Å². The Morgan fingerprint density at radius 3 is 2.61 bits per heavy atom. The molecule has 28 heavy (non-hydrogen) atoms. The van der Waals surface area contributed by atoms with Gasteiger partial charge in [0.2, 0.25) is 0 Å². The van der Waals surface area contributed by atoms with E-state index >= 15 is 0 Å². The van der Waals surface area contributed by atoms with Crippen molar-refractivity contribution in [2.24, 2.45) is 0 Å². The van der Waals surface area contributed by atoms with Crippen molar-refractivity contribution < 1.29 is 24.5 Å². The number of carboxylic acids is 1. The fourth-order valence-electron chi connectivity index (χ4n) is 4.08. The maximum Gasteiger partial charge on any atom is 0.306 e. The zero-order valence-electron chi connectivity index (χ0n) is 16.2. The zero-order chi connectivity index (χ0) is 19.1. The van der Waals surface area contributed by atoms with Gasteiger partial charge in [0.15, 0.2) is 0 Å². The number of carboxylic acid groups (broad SMARTS) is 1. The molecule has 7 heteroatoms. The summed E-state index contributed by atoms with van der Waals surface area (Å²) in [5.74, 6) is 0.379. The molecule has 0 unspecified atom stereocenters. The highest BCUT2D eigenvalue weighted by molar-refractivity contribution is 5.85. The monoisotopic (exact) mass is 413 g/mol. The Labute approximate surface area is 173 Å². The average Bonchev–Trinajstić information content (AvgIpc) is 2.68. The number of hydrogen-bond acceptors (Lipinski definition) is 5. The highest BCUT2D eigenvalue weighted by atomic mass is 35.5. The summed E-state index contributed by atoms with van der Waals surface area (Å²) in [5.41, 5.74) is 1.17. The Kier molecular flexibility index (Phi) is 9.51. The Balaban J connectivity index is 0.00000280. The van der Waals surface area contributed by atoms with Crippen molar-refractivity contribution in [3.05, 3.63) is 29.8 Å². The molecule has 0 spiro atoms. The van der Waals surface area contributed by atoms with E-state index in [1.807, 2.05) is 18.2 Å². The van der Waals surface area contributed by atoms with E-state index in [1.54, 1.807) is 0 Å².